The lowest BCUT2D eigenvalue weighted by Crippen LogP contribution is -2.23. The molecule has 27 heavy (non-hydrogen) atoms. The summed E-state index contributed by atoms with van der Waals surface area (Å²) in [5.41, 5.74) is -3.15. The molecule has 0 atom stereocenters. The van der Waals surface area contributed by atoms with E-state index in [2.05, 4.69) is 4.98 Å². The lowest BCUT2D eigenvalue weighted by molar-refractivity contribution is -0.137. The number of benzene rings is 2. The van der Waals surface area contributed by atoms with Crippen molar-refractivity contribution in [3.05, 3.63) is 67.1 Å². The molecule has 2 aromatic carbocycles. The molecule has 0 aliphatic heterocycles. The Kier molecular flexibility index (Phi) is 5.79. The quantitative estimate of drug-likeness (QED) is 0.561. The average Bonchev–Trinajstić information content (AvgIpc) is 2.59. The van der Waals surface area contributed by atoms with Crippen LogP contribution in [0.2, 0.25) is 5.02 Å². The Hall–Kier alpha value is -2.61. The third-order valence-corrected chi connectivity index (χ3v) is 4.09. The SMILES string of the molecule is CC.Cc1c(-c2ccc(F)c(Cl)c2)c(C(F)(F)F)cc2c(=O)[nH]c(=O)[nH]c12. The van der Waals surface area contributed by atoms with Crippen molar-refractivity contribution in [2.45, 2.75) is 26.9 Å². The van der Waals surface area contributed by atoms with Crippen LogP contribution in [-0.2, 0) is 6.18 Å². The fraction of sp³-hybridized carbons (Fsp3) is 0.222. The number of aromatic amines is 2. The van der Waals surface area contributed by atoms with Crippen LogP contribution >= 0.6 is 11.6 Å². The molecule has 0 amide bonds. The molecular weight excluding hydrogens is 388 g/mol. The number of aryl methyl sites for hydroxylation is 1. The van der Waals surface area contributed by atoms with Crippen LogP contribution in [0, 0.1) is 12.7 Å². The zero-order valence-corrected chi connectivity index (χ0v) is 15.3. The molecule has 0 aliphatic rings. The summed E-state index contributed by atoms with van der Waals surface area (Å²) in [6.07, 6.45) is -4.78. The molecule has 3 aromatic rings. The zero-order valence-electron chi connectivity index (χ0n) is 14.5. The predicted octanol–water partition coefficient (Wildman–Crippen LogP) is 5.03. The number of hydrogen-bond donors (Lipinski definition) is 2. The van der Waals surface area contributed by atoms with Crippen molar-refractivity contribution in [3.8, 4) is 11.1 Å². The van der Waals surface area contributed by atoms with Gasteiger partial charge in [0, 0.05) is 0 Å². The maximum Gasteiger partial charge on any atom is 0.417 e. The summed E-state index contributed by atoms with van der Waals surface area (Å²) < 4.78 is 54.0. The minimum Gasteiger partial charge on any atom is -0.307 e. The largest absolute Gasteiger partial charge is 0.417 e. The third kappa shape index (κ3) is 3.90. The van der Waals surface area contributed by atoms with Gasteiger partial charge in [-0.1, -0.05) is 31.5 Å². The first-order chi connectivity index (χ1) is 12.6. The number of alkyl halides is 3. The van der Waals surface area contributed by atoms with Gasteiger partial charge in [0.2, 0.25) is 0 Å². The number of halogens is 5. The highest BCUT2D eigenvalue weighted by Gasteiger charge is 2.35. The average molecular weight is 403 g/mol. The van der Waals surface area contributed by atoms with Gasteiger partial charge in [0.15, 0.2) is 0 Å². The number of nitrogens with one attached hydrogen (secondary N) is 2. The van der Waals surface area contributed by atoms with Crippen LogP contribution in [0.4, 0.5) is 17.6 Å². The molecule has 0 saturated heterocycles. The Labute approximate surface area is 155 Å². The molecule has 144 valence electrons. The van der Waals surface area contributed by atoms with Crippen molar-refractivity contribution < 1.29 is 17.6 Å². The lowest BCUT2D eigenvalue weighted by atomic mass is 9.92. The second-order valence-electron chi connectivity index (χ2n) is 5.38. The molecule has 9 heteroatoms. The number of aromatic nitrogens is 2. The van der Waals surface area contributed by atoms with Gasteiger partial charge in [-0.25, -0.2) is 9.18 Å². The van der Waals surface area contributed by atoms with Crippen LogP contribution in [0.25, 0.3) is 22.0 Å². The fourth-order valence-electron chi connectivity index (χ4n) is 2.72. The summed E-state index contributed by atoms with van der Waals surface area (Å²) in [5.74, 6) is -0.776. The molecule has 0 bridgehead atoms. The standard InChI is InChI=1S/C16H9ClF4N2O2.C2H6/c1-6-12(7-2-3-11(18)10(17)4-7)9(16(19,20)21)5-8-13(6)22-15(25)23-14(8)24;1-2/h2-5H,1H3,(H2,22,23,24,25);1-2H3. The van der Waals surface area contributed by atoms with E-state index >= 15 is 0 Å². The van der Waals surface area contributed by atoms with Crippen molar-refractivity contribution in [2.75, 3.05) is 0 Å². The van der Waals surface area contributed by atoms with E-state index in [9.17, 15) is 27.2 Å². The van der Waals surface area contributed by atoms with E-state index in [1.165, 1.54) is 6.92 Å². The van der Waals surface area contributed by atoms with Gasteiger partial charge in [-0.3, -0.25) is 9.78 Å². The molecule has 0 unspecified atom stereocenters. The molecular formula is C18H15ClF4N2O2. The summed E-state index contributed by atoms with van der Waals surface area (Å²) in [6, 6.07) is 3.81. The van der Waals surface area contributed by atoms with Gasteiger partial charge < -0.3 is 4.98 Å². The van der Waals surface area contributed by atoms with E-state index in [-0.39, 0.29) is 32.6 Å². The van der Waals surface area contributed by atoms with Crippen LogP contribution in [0.3, 0.4) is 0 Å². The second-order valence-corrected chi connectivity index (χ2v) is 5.79. The van der Waals surface area contributed by atoms with Gasteiger partial charge in [0.05, 0.1) is 21.5 Å². The Balaban J connectivity index is 0.00000126. The van der Waals surface area contributed by atoms with Crippen molar-refractivity contribution in [3.63, 3.8) is 0 Å². The molecule has 0 spiro atoms. The highest BCUT2D eigenvalue weighted by Crippen LogP contribution is 2.41. The minimum absolute atomic E-state index is 0.0132. The molecule has 0 aliphatic carbocycles. The fourth-order valence-corrected chi connectivity index (χ4v) is 2.90. The highest BCUT2D eigenvalue weighted by molar-refractivity contribution is 6.31. The summed E-state index contributed by atoms with van der Waals surface area (Å²) in [5, 5.41) is -0.647. The summed E-state index contributed by atoms with van der Waals surface area (Å²) >= 11 is 5.68. The van der Waals surface area contributed by atoms with Crippen molar-refractivity contribution >= 4 is 22.5 Å². The van der Waals surface area contributed by atoms with Gasteiger partial charge >= 0.3 is 11.9 Å². The first-order valence-electron chi connectivity index (χ1n) is 7.92. The van der Waals surface area contributed by atoms with E-state index in [0.29, 0.717) is 6.07 Å². The maximum absolute atomic E-state index is 13.5. The summed E-state index contributed by atoms with van der Waals surface area (Å²) in [6.45, 7) is 5.33. The summed E-state index contributed by atoms with van der Waals surface area (Å²) in [7, 11) is 0. The monoisotopic (exact) mass is 402 g/mol. The Morgan fingerprint density at radius 3 is 2.22 bits per heavy atom. The van der Waals surface area contributed by atoms with Crippen LogP contribution in [0.15, 0.2) is 33.9 Å². The van der Waals surface area contributed by atoms with Gasteiger partial charge in [0.25, 0.3) is 5.56 Å². The number of fused-ring (bicyclic) bond motifs is 1. The predicted molar refractivity (Wildman–Crippen MR) is 96.7 cm³/mol. The van der Waals surface area contributed by atoms with Crippen LogP contribution < -0.4 is 11.2 Å². The van der Waals surface area contributed by atoms with Crippen molar-refractivity contribution in [2.24, 2.45) is 0 Å². The van der Waals surface area contributed by atoms with Gasteiger partial charge in [0.1, 0.15) is 5.82 Å². The van der Waals surface area contributed by atoms with E-state index < -0.39 is 28.8 Å². The third-order valence-electron chi connectivity index (χ3n) is 3.80. The minimum atomic E-state index is -4.78. The zero-order chi connectivity index (χ0) is 20.5. The molecule has 0 fully saturated rings. The Morgan fingerprint density at radius 2 is 1.67 bits per heavy atom. The molecule has 2 N–H and O–H groups in total. The normalized spacial score (nSPS) is 11.3. The van der Waals surface area contributed by atoms with Crippen LogP contribution in [-0.4, -0.2) is 9.97 Å². The highest BCUT2D eigenvalue weighted by atomic mass is 35.5. The maximum atomic E-state index is 13.5. The first-order valence-corrected chi connectivity index (χ1v) is 8.30. The molecule has 1 heterocycles. The van der Waals surface area contributed by atoms with E-state index in [1.807, 2.05) is 18.8 Å². The van der Waals surface area contributed by atoms with E-state index in [1.54, 1.807) is 0 Å². The van der Waals surface area contributed by atoms with Crippen molar-refractivity contribution in [1.82, 2.24) is 9.97 Å². The molecule has 0 radical (unpaired) electrons. The van der Waals surface area contributed by atoms with Crippen LogP contribution in [0.5, 0.6) is 0 Å². The van der Waals surface area contributed by atoms with E-state index in [0.717, 1.165) is 18.2 Å². The smallest absolute Gasteiger partial charge is 0.307 e. The number of rotatable bonds is 1. The van der Waals surface area contributed by atoms with Gasteiger partial charge in [-0.05, 0) is 41.8 Å². The topological polar surface area (TPSA) is 65.7 Å². The molecule has 4 nitrogen and oxygen atoms in total. The van der Waals surface area contributed by atoms with Crippen LogP contribution in [0.1, 0.15) is 25.0 Å². The van der Waals surface area contributed by atoms with E-state index in [4.69, 9.17) is 11.6 Å². The molecule has 1 aromatic heterocycles. The second kappa shape index (κ2) is 7.56. The first kappa shape index (κ1) is 20.7. The summed E-state index contributed by atoms with van der Waals surface area (Å²) in [4.78, 5) is 27.6. The number of H-pyrrole nitrogens is 2. The molecule has 3 rings (SSSR count). The Bertz CT molecular complexity index is 1120. The van der Waals surface area contributed by atoms with Gasteiger partial charge in [-0.2, -0.15) is 13.2 Å². The lowest BCUT2D eigenvalue weighted by Gasteiger charge is -2.17. The van der Waals surface area contributed by atoms with Gasteiger partial charge in [-0.15, -0.1) is 0 Å². The Morgan fingerprint density at radius 1 is 1.04 bits per heavy atom. The van der Waals surface area contributed by atoms with Crippen molar-refractivity contribution in [1.29, 1.82) is 0 Å². The molecule has 0 saturated carbocycles. The number of hydrogen-bond acceptors (Lipinski definition) is 2.